The van der Waals surface area contributed by atoms with Gasteiger partial charge in [0, 0.05) is 12.1 Å². The zero-order valence-corrected chi connectivity index (χ0v) is 12.2. The van der Waals surface area contributed by atoms with Crippen molar-refractivity contribution in [3.63, 3.8) is 0 Å². The monoisotopic (exact) mass is 264 g/mol. The first kappa shape index (κ1) is 14.5. The fourth-order valence-corrected chi connectivity index (χ4v) is 2.83. The number of piperidine rings is 1. The van der Waals surface area contributed by atoms with Gasteiger partial charge in [0.1, 0.15) is 5.82 Å². The molecule has 0 spiro atoms. The highest BCUT2D eigenvalue weighted by molar-refractivity contribution is 5.26. The Morgan fingerprint density at radius 3 is 2.89 bits per heavy atom. The average Bonchev–Trinajstić information content (AvgIpc) is 2.36. The fraction of sp³-hybridized carbons (Fsp3) is 0.625. The van der Waals surface area contributed by atoms with Crippen molar-refractivity contribution in [3.05, 3.63) is 35.1 Å². The molecule has 0 saturated carbocycles. The normalized spacial score (nSPS) is 24.6. The predicted molar refractivity (Wildman–Crippen MR) is 78.0 cm³/mol. The third-order valence-corrected chi connectivity index (χ3v) is 4.34. The lowest BCUT2D eigenvalue weighted by molar-refractivity contribution is 0.169. The van der Waals surface area contributed by atoms with Crippen molar-refractivity contribution in [1.29, 1.82) is 0 Å². The van der Waals surface area contributed by atoms with Gasteiger partial charge in [0.2, 0.25) is 0 Å². The van der Waals surface area contributed by atoms with Gasteiger partial charge in [-0.05, 0) is 76.5 Å². The Bertz CT molecular complexity index is 419. The van der Waals surface area contributed by atoms with E-state index >= 15 is 0 Å². The molecular weight excluding hydrogens is 239 g/mol. The van der Waals surface area contributed by atoms with E-state index in [0.717, 1.165) is 18.5 Å². The molecule has 0 amide bonds. The third-order valence-electron chi connectivity index (χ3n) is 4.34. The Hall–Kier alpha value is -0.930. The summed E-state index contributed by atoms with van der Waals surface area (Å²) in [5.41, 5.74) is 2.30. The van der Waals surface area contributed by atoms with Gasteiger partial charge in [-0.25, -0.2) is 4.39 Å². The molecule has 0 bridgehead atoms. The van der Waals surface area contributed by atoms with Crippen molar-refractivity contribution in [1.82, 2.24) is 10.2 Å². The summed E-state index contributed by atoms with van der Waals surface area (Å²) in [6.45, 7) is 6.43. The van der Waals surface area contributed by atoms with Crippen LogP contribution in [0.3, 0.4) is 0 Å². The number of nitrogens with zero attached hydrogens (tertiary/aromatic N) is 1. The molecule has 2 atom stereocenters. The molecule has 1 aromatic carbocycles. The molecule has 1 fully saturated rings. The second kappa shape index (κ2) is 6.49. The first-order valence-electron chi connectivity index (χ1n) is 7.25. The molecule has 0 radical (unpaired) electrons. The molecule has 2 unspecified atom stereocenters. The van der Waals surface area contributed by atoms with E-state index in [1.807, 2.05) is 13.0 Å². The smallest absolute Gasteiger partial charge is 0.123 e. The maximum absolute atomic E-state index is 13.0. The average molecular weight is 264 g/mol. The maximum atomic E-state index is 13.0. The van der Waals surface area contributed by atoms with Gasteiger partial charge in [-0.15, -0.1) is 0 Å². The number of hydrogen-bond acceptors (Lipinski definition) is 2. The molecule has 1 aromatic rings. The molecule has 1 aliphatic rings. The summed E-state index contributed by atoms with van der Waals surface area (Å²) in [7, 11) is 2.20. The van der Waals surface area contributed by atoms with E-state index < -0.39 is 0 Å². The molecule has 19 heavy (non-hydrogen) atoms. The van der Waals surface area contributed by atoms with Gasteiger partial charge in [-0.1, -0.05) is 6.07 Å². The highest BCUT2D eigenvalue weighted by Crippen LogP contribution is 2.15. The predicted octanol–water partition coefficient (Wildman–Crippen LogP) is 2.75. The van der Waals surface area contributed by atoms with Crippen LogP contribution in [0.2, 0.25) is 0 Å². The maximum Gasteiger partial charge on any atom is 0.123 e. The standard InChI is InChI=1S/C16H25FN2/c1-12-10-15(17)5-4-14(12)6-8-18-16-7-9-19(3)13(2)11-16/h4-5,10,13,16,18H,6-9,11H2,1-3H3. The van der Waals surface area contributed by atoms with Crippen LogP contribution in [-0.4, -0.2) is 37.1 Å². The zero-order valence-electron chi connectivity index (χ0n) is 12.2. The number of likely N-dealkylation sites (tertiary alicyclic amines) is 1. The van der Waals surface area contributed by atoms with Crippen LogP contribution >= 0.6 is 0 Å². The van der Waals surface area contributed by atoms with Gasteiger partial charge >= 0.3 is 0 Å². The molecule has 2 rings (SSSR count). The summed E-state index contributed by atoms with van der Waals surface area (Å²) in [4.78, 5) is 2.42. The van der Waals surface area contributed by atoms with E-state index in [9.17, 15) is 4.39 Å². The van der Waals surface area contributed by atoms with Crippen LogP contribution in [0.25, 0.3) is 0 Å². The van der Waals surface area contributed by atoms with Gasteiger partial charge in [0.25, 0.3) is 0 Å². The van der Waals surface area contributed by atoms with Gasteiger partial charge in [0.05, 0.1) is 0 Å². The third kappa shape index (κ3) is 4.02. The number of rotatable bonds is 4. The molecule has 1 heterocycles. The summed E-state index contributed by atoms with van der Waals surface area (Å²) in [6, 6.07) is 6.38. The lowest BCUT2D eigenvalue weighted by Gasteiger charge is -2.35. The quantitative estimate of drug-likeness (QED) is 0.899. The molecule has 106 valence electrons. The van der Waals surface area contributed by atoms with E-state index in [1.54, 1.807) is 12.1 Å². The van der Waals surface area contributed by atoms with Crippen molar-refractivity contribution >= 4 is 0 Å². The summed E-state index contributed by atoms with van der Waals surface area (Å²) >= 11 is 0. The number of hydrogen-bond donors (Lipinski definition) is 1. The summed E-state index contributed by atoms with van der Waals surface area (Å²) < 4.78 is 13.0. The van der Waals surface area contributed by atoms with Crippen LogP contribution in [0.1, 0.15) is 30.9 Å². The van der Waals surface area contributed by atoms with E-state index in [1.165, 1.54) is 24.9 Å². The van der Waals surface area contributed by atoms with Crippen molar-refractivity contribution in [2.24, 2.45) is 0 Å². The van der Waals surface area contributed by atoms with Gasteiger partial charge in [-0.2, -0.15) is 0 Å². The number of aryl methyl sites for hydroxylation is 1. The molecule has 1 N–H and O–H groups in total. The van der Waals surface area contributed by atoms with Gasteiger partial charge < -0.3 is 10.2 Å². The SMILES string of the molecule is Cc1cc(F)ccc1CCNC1CCN(C)C(C)C1. The highest BCUT2D eigenvalue weighted by Gasteiger charge is 2.21. The molecule has 0 aromatic heterocycles. The number of nitrogens with one attached hydrogen (secondary N) is 1. The van der Waals surface area contributed by atoms with Crippen LogP contribution in [-0.2, 0) is 6.42 Å². The van der Waals surface area contributed by atoms with Crippen molar-refractivity contribution in [2.75, 3.05) is 20.1 Å². The largest absolute Gasteiger partial charge is 0.314 e. The summed E-state index contributed by atoms with van der Waals surface area (Å²) in [5.74, 6) is -0.140. The first-order valence-corrected chi connectivity index (χ1v) is 7.25. The molecule has 1 saturated heterocycles. The summed E-state index contributed by atoms with van der Waals surface area (Å²) in [6.07, 6.45) is 3.43. The Balaban J connectivity index is 1.77. The van der Waals surface area contributed by atoms with E-state index in [0.29, 0.717) is 12.1 Å². The minimum atomic E-state index is -0.140. The molecule has 3 heteroatoms. The van der Waals surface area contributed by atoms with E-state index in [4.69, 9.17) is 0 Å². The Kier molecular flexibility index (Phi) is 4.94. The molecule has 0 aliphatic carbocycles. The van der Waals surface area contributed by atoms with Crippen LogP contribution in [0.4, 0.5) is 4.39 Å². The molecular formula is C16H25FN2. The van der Waals surface area contributed by atoms with E-state index in [-0.39, 0.29) is 5.82 Å². The molecule has 2 nitrogen and oxygen atoms in total. The number of halogens is 1. The fourth-order valence-electron chi connectivity index (χ4n) is 2.83. The second-order valence-electron chi connectivity index (χ2n) is 5.83. The van der Waals surface area contributed by atoms with Crippen LogP contribution in [0.15, 0.2) is 18.2 Å². The lowest BCUT2D eigenvalue weighted by atomic mass is 9.98. The van der Waals surface area contributed by atoms with Crippen LogP contribution in [0, 0.1) is 12.7 Å². The lowest BCUT2D eigenvalue weighted by Crippen LogP contribution is -2.46. The zero-order chi connectivity index (χ0) is 13.8. The van der Waals surface area contributed by atoms with Crippen molar-refractivity contribution < 1.29 is 4.39 Å². The van der Waals surface area contributed by atoms with Crippen molar-refractivity contribution in [2.45, 2.75) is 45.2 Å². The minimum absolute atomic E-state index is 0.140. The van der Waals surface area contributed by atoms with Crippen molar-refractivity contribution in [3.8, 4) is 0 Å². The Morgan fingerprint density at radius 1 is 1.42 bits per heavy atom. The first-order chi connectivity index (χ1) is 9.06. The van der Waals surface area contributed by atoms with Gasteiger partial charge in [0.15, 0.2) is 0 Å². The second-order valence-corrected chi connectivity index (χ2v) is 5.83. The topological polar surface area (TPSA) is 15.3 Å². The number of benzene rings is 1. The Labute approximate surface area is 116 Å². The van der Waals surface area contributed by atoms with Crippen LogP contribution < -0.4 is 5.32 Å². The van der Waals surface area contributed by atoms with E-state index in [2.05, 4.69) is 24.2 Å². The Morgan fingerprint density at radius 2 is 2.21 bits per heavy atom. The highest BCUT2D eigenvalue weighted by atomic mass is 19.1. The minimum Gasteiger partial charge on any atom is -0.314 e. The van der Waals surface area contributed by atoms with Gasteiger partial charge in [-0.3, -0.25) is 0 Å². The van der Waals surface area contributed by atoms with Crippen LogP contribution in [0.5, 0.6) is 0 Å². The summed E-state index contributed by atoms with van der Waals surface area (Å²) in [5, 5.41) is 3.64. The molecule has 1 aliphatic heterocycles.